The number of hydrogen-bond donors (Lipinski definition) is 1. The zero-order valence-corrected chi connectivity index (χ0v) is 25.3. The number of nitrogens with zero attached hydrogens (tertiary/aromatic N) is 2. The second-order valence-electron chi connectivity index (χ2n) is 8.76. The molecule has 3 aromatic carbocycles. The van der Waals surface area contributed by atoms with Gasteiger partial charge in [0.1, 0.15) is 12.6 Å². The Morgan fingerprint density at radius 3 is 2.03 bits per heavy atom. The van der Waals surface area contributed by atoms with Crippen LogP contribution in [0, 0.1) is 6.92 Å². The van der Waals surface area contributed by atoms with Crippen LogP contribution in [0.2, 0.25) is 20.1 Å². The van der Waals surface area contributed by atoms with Crippen LogP contribution in [0.5, 0.6) is 0 Å². The fraction of sp³-hybridized carbons (Fsp3) is 0.259. The summed E-state index contributed by atoms with van der Waals surface area (Å²) in [6, 6.07) is 14.5. The van der Waals surface area contributed by atoms with Gasteiger partial charge in [-0.3, -0.25) is 13.9 Å². The third kappa shape index (κ3) is 7.58. The molecule has 0 saturated heterocycles. The Morgan fingerprint density at radius 1 is 0.872 bits per heavy atom. The summed E-state index contributed by atoms with van der Waals surface area (Å²) >= 11 is 24.5. The Balaban J connectivity index is 2.06. The van der Waals surface area contributed by atoms with Crippen molar-refractivity contribution in [3.63, 3.8) is 0 Å². The van der Waals surface area contributed by atoms with Gasteiger partial charge in [0.25, 0.3) is 10.0 Å². The van der Waals surface area contributed by atoms with Crippen LogP contribution < -0.4 is 9.62 Å². The lowest BCUT2D eigenvalue weighted by molar-refractivity contribution is -0.139. The first-order valence-corrected chi connectivity index (χ1v) is 14.9. The van der Waals surface area contributed by atoms with Crippen molar-refractivity contribution in [1.82, 2.24) is 10.2 Å². The van der Waals surface area contributed by atoms with E-state index in [0.29, 0.717) is 17.1 Å². The van der Waals surface area contributed by atoms with Crippen LogP contribution >= 0.6 is 46.4 Å². The molecule has 0 fully saturated rings. The highest BCUT2D eigenvalue weighted by molar-refractivity contribution is 7.92. The van der Waals surface area contributed by atoms with Crippen molar-refractivity contribution in [3.05, 3.63) is 91.9 Å². The van der Waals surface area contributed by atoms with Crippen LogP contribution in [0.15, 0.2) is 65.6 Å². The number of anilines is 1. The molecule has 0 saturated carbocycles. The van der Waals surface area contributed by atoms with Crippen LogP contribution in [0.1, 0.15) is 25.0 Å². The molecule has 0 aliphatic rings. The summed E-state index contributed by atoms with van der Waals surface area (Å²) < 4.78 is 28.6. The van der Waals surface area contributed by atoms with Gasteiger partial charge in [0.05, 0.1) is 30.7 Å². The van der Waals surface area contributed by atoms with E-state index in [1.165, 1.54) is 35.2 Å². The summed E-state index contributed by atoms with van der Waals surface area (Å²) in [6.45, 7) is 4.89. The van der Waals surface area contributed by atoms with Gasteiger partial charge in [0.2, 0.25) is 11.8 Å². The van der Waals surface area contributed by atoms with E-state index in [-0.39, 0.29) is 32.2 Å². The number of carbonyl (C=O) groups is 2. The molecule has 0 bridgehead atoms. The maximum atomic E-state index is 13.8. The molecule has 0 aliphatic heterocycles. The van der Waals surface area contributed by atoms with Gasteiger partial charge < -0.3 is 10.2 Å². The van der Waals surface area contributed by atoms with E-state index in [9.17, 15) is 18.0 Å². The highest BCUT2D eigenvalue weighted by Crippen LogP contribution is 2.31. The molecule has 0 radical (unpaired) electrons. The molecule has 0 spiro atoms. The normalized spacial score (nSPS) is 12.1. The van der Waals surface area contributed by atoms with Crippen molar-refractivity contribution in [3.8, 4) is 0 Å². The molecule has 12 heteroatoms. The second-order valence-corrected chi connectivity index (χ2v) is 12.3. The van der Waals surface area contributed by atoms with Crippen molar-refractivity contribution in [2.45, 2.75) is 38.3 Å². The Bertz CT molecular complexity index is 1470. The van der Waals surface area contributed by atoms with Crippen molar-refractivity contribution < 1.29 is 18.0 Å². The molecule has 2 amide bonds. The molecule has 0 unspecified atom stereocenters. The first kappa shape index (κ1) is 31.0. The standard InChI is InChI=1S/C27H27Cl4N3O4S/c1-4-32-27(36)18(3)33(15-19-7-11-22(28)24(30)13-19)26(35)16-34(20-8-12-23(29)25(31)14-20)39(37,38)21-9-5-17(2)6-10-21/h5-14,18H,4,15-16H2,1-3H3,(H,32,36)/t18-/m1/s1. The largest absolute Gasteiger partial charge is 0.355 e. The number of rotatable bonds is 10. The smallest absolute Gasteiger partial charge is 0.264 e. The van der Waals surface area contributed by atoms with E-state index in [2.05, 4.69) is 5.32 Å². The van der Waals surface area contributed by atoms with Crippen molar-refractivity contribution in [2.75, 3.05) is 17.4 Å². The van der Waals surface area contributed by atoms with E-state index in [1.54, 1.807) is 44.2 Å². The predicted molar refractivity (Wildman–Crippen MR) is 157 cm³/mol. The van der Waals surface area contributed by atoms with Gasteiger partial charge in [-0.1, -0.05) is 70.2 Å². The Kier molecular flexibility index (Phi) is 10.5. The summed E-state index contributed by atoms with van der Waals surface area (Å²) in [6.07, 6.45) is 0. The summed E-state index contributed by atoms with van der Waals surface area (Å²) in [5, 5.41) is 3.67. The number of amides is 2. The first-order valence-electron chi connectivity index (χ1n) is 11.9. The zero-order chi connectivity index (χ0) is 28.9. The lowest BCUT2D eigenvalue weighted by atomic mass is 10.1. The van der Waals surface area contributed by atoms with Crippen LogP contribution in [0.25, 0.3) is 0 Å². The molecule has 39 heavy (non-hydrogen) atoms. The van der Waals surface area contributed by atoms with E-state index >= 15 is 0 Å². The van der Waals surface area contributed by atoms with E-state index in [0.717, 1.165) is 9.87 Å². The second kappa shape index (κ2) is 13.2. The SMILES string of the molecule is CCNC(=O)[C@@H](C)N(Cc1ccc(Cl)c(Cl)c1)C(=O)CN(c1ccc(Cl)c(Cl)c1)S(=O)(=O)c1ccc(C)cc1. The van der Waals surface area contributed by atoms with E-state index < -0.39 is 34.4 Å². The molecule has 0 heterocycles. The van der Waals surface area contributed by atoms with Gasteiger partial charge in [0, 0.05) is 13.1 Å². The van der Waals surface area contributed by atoms with Gasteiger partial charge in [-0.25, -0.2) is 8.42 Å². The molecule has 0 aromatic heterocycles. The molecule has 3 rings (SSSR count). The quantitative estimate of drug-likeness (QED) is 0.283. The van der Waals surface area contributed by atoms with Gasteiger partial charge in [-0.2, -0.15) is 0 Å². The highest BCUT2D eigenvalue weighted by Gasteiger charge is 2.32. The number of likely N-dealkylation sites (N-methyl/N-ethyl adjacent to an activating group) is 1. The molecular weight excluding hydrogens is 604 g/mol. The lowest BCUT2D eigenvalue weighted by Gasteiger charge is -2.32. The Labute approximate surface area is 248 Å². The molecule has 3 aromatic rings. The molecule has 0 aliphatic carbocycles. The Hall–Kier alpha value is -2.49. The molecule has 1 atom stereocenters. The van der Waals surface area contributed by atoms with E-state index in [1.807, 2.05) is 6.92 Å². The minimum atomic E-state index is -4.23. The van der Waals surface area contributed by atoms with Gasteiger partial charge >= 0.3 is 0 Å². The summed E-state index contributed by atoms with van der Waals surface area (Å²) in [7, 11) is -4.23. The molecular formula is C27H27Cl4N3O4S. The molecule has 7 nitrogen and oxygen atoms in total. The molecule has 1 N–H and O–H groups in total. The van der Waals surface area contributed by atoms with Crippen LogP contribution in [-0.4, -0.2) is 44.3 Å². The minimum Gasteiger partial charge on any atom is -0.355 e. The fourth-order valence-corrected chi connectivity index (χ4v) is 5.76. The third-order valence-corrected chi connectivity index (χ3v) is 9.20. The van der Waals surface area contributed by atoms with Crippen LogP contribution in [-0.2, 0) is 26.2 Å². The number of benzene rings is 3. The number of carbonyl (C=O) groups excluding carboxylic acids is 2. The summed E-state index contributed by atoms with van der Waals surface area (Å²) in [5.41, 5.74) is 1.62. The topological polar surface area (TPSA) is 86.8 Å². The fourth-order valence-electron chi connectivity index (χ4n) is 3.75. The Morgan fingerprint density at radius 2 is 1.46 bits per heavy atom. The van der Waals surface area contributed by atoms with Gasteiger partial charge in [-0.15, -0.1) is 0 Å². The molecule has 208 valence electrons. The lowest BCUT2D eigenvalue weighted by Crippen LogP contribution is -2.51. The minimum absolute atomic E-state index is 0.0141. The average Bonchev–Trinajstić information content (AvgIpc) is 2.89. The maximum absolute atomic E-state index is 13.8. The van der Waals surface area contributed by atoms with Crippen molar-refractivity contribution in [1.29, 1.82) is 0 Å². The maximum Gasteiger partial charge on any atom is 0.264 e. The summed E-state index contributed by atoms with van der Waals surface area (Å²) in [4.78, 5) is 27.9. The van der Waals surface area contributed by atoms with Crippen molar-refractivity contribution >= 4 is 73.9 Å². The third-order valence-electron chi connectivity index (χ3n) is 5.93. The first-order chi connectivity index (χ1) is 18.3. The number of hydrogen-bond acceptors (Lipinski definition) is 4. The number of aryl methyl sites for hydroxylation is 1. The van der Waals surface area contributed by atoms with Crippen molar-refractivity contribution in [2.24, 2.45) is 0 Å². The van der Waals surface area contributed by atoms with E-state index in [4.69, 9.17) is 46.4 Å². The van der Waals surface area contributed by atoms with Gasteiger partial charge in [-0.05, 0) is 68.8 Å². The monoisotopic (exact) mass is 629 g/mol. The van der Waals surface area contributed by atoms with Crippen LogP contribution in [0.3, 0.4) is 0 Å². The summed E-state index contributed by atoms with van der Waals surface area (Å²) in [5.74, 6) is -1.02. The van der Waals surface area contributed by atoms with Gasteiger partial charge in [0.15, 0.2) is 0 Å². The van der Waals surface area contributed by atoms with Crippen LogP contribution in [0.4, 0.5) is 5.69 Å². The number of sulfonamides is 1. The number of halogens is 4. The number of nitrogens with one attached hydrogen (secondary N) is 1. The predicted octanol–water partition coefficient (Wildman–Crippen LogP) is 6.36. The highest BCUT2D eigenvalue weighted by atomic mass is 35.5. The average molecular weight is 631 g/mol. The zero-order valence-electron chi connectivity index (χ0n) is 21.4.